The van der Waals surface area contributed by atoms with Crippen LogP contribution in [0.3, 0.4) is 0 Å². The number of hydrogen-bond acceptors (Lipinski definition) is 1. The Kier molecular flexibility index (Phi) is 1.95. The second-order valence-corrected chi connectivity index (χ2v) is 2.93. The van der Waals surface area contributed by atoms with Crippen molar-refractivity contribution in [2.45, 2.75) is 24.9 Å². The van der Waals surface area contributed by atoms with Gasteiger partial charge in [0, 0.05) is 5.92 Å². The lowest BCUT2D eigenvalue weighted by Crippen LogP contribution is -2.28. The summed E-state index contributed by atoms with van der Waals surface area (Å²) in [5, 5.41) is 9.77. The van der Waals surface area contributed by atoms with Crippen LogP contribution < -0.4 is 0 Å². The standard InChI is InChI=1S/C9H14O/c1-3-8-6-5-7-9(8,10)4-2/h3-4,8,10H,1-2,5-7H2. The molecule has 0 aromatic carbocycles. The molecule has 10 heavy (non-hydrogen) atoms. The topological polar surface area (TPSA) is 20.2 Å². The maximum atomic E-state index is 9.77. The zero-order chi connectivity index (χ0) is 7.61. The van der Waals surface area contributed by atoms with Gasteiger partial charge in [-0.15, -0.1) is 13.2 Å². The molecule has 1 aliphatic rings. The summed E-state index contributed by atoms with van der Waals surface area (Å²) in [6, 6.07) is 0. The van der Waals surface area contributed by atoms with Gasteiger partial charge in [0.25, 0.3) is 0 Å². The molecule has 0 spiro atoms. The highest BCUT2D eigenvalue weighted by molar-refractivity contribution is 5.09. The Labute approximate surface area is 62.1 Å². The monoisotopic (exact) mass is 138 g/mol. The van der Waals surface area contributed by atoms with E-state index in [1.54, 1.807) is 6.08 Å². The van der Waals surface area contributed by atoms with Gasteiger partial charge in [-0.1, -0.05) is 12.2 Å². The maximum absolute atomic E-state index is 9.77. The van der Waals surface area contributed by atoms with Crippen molar-refractivity contribution in [1.29, 1.82) is 0 Å². The fourth-order valence-electron chi connectivity index (χ4n) is 1.62. The molecular formula is C9H14O. The lowest BCUT2D eigenvalue weighted by Gasteiger charge is -2.23. The van der Waals surface area contributed by atoms with Gasteiger partial charge in [-0.2, -0.15) is 0 Å². The maximum Gasteiger partial charge on any atom is 0.0887 e. The third-order valence-electron chi connectivity index (χ3n) is 2.37. The highest BCUT2D eigenvalue weighted by Gasteiger charge is 2.36. The van der Waals surface area contributed by atoms with E-state index in [0.717, 1.165) is 19.3 Å². The van der Waals surface area contributed by atoms with Crippen LogP contribution in [-0.4, -0.2) is 10.7 Å². The second-order valence-electron chi connectivity index (χ2n) is 2.93. The van der Waals surface area contributed by atoms with Gasteiger partial charge in [0.1, 0.15) is 0 Å². The molecule has 56 valence electrons. The summed E-state index contributed by atoms with van der Waals surface area (Å²) < 4.78 is 0. The predicted molar refractivity (Wildman–Crippen MR) is 42.7 cm³/mol. The zero-order valence-corrected chi connectivity index (χ0v) is 6.21. The Bertz CT molecular complexity index is 151. The zero-order valence-electron chi connectivity index (χ0n) is 6.21. The fourth-order valence-corrected chi connectivity index (χ4v) is 1.62. The van der Waals surface area contributed by atoms with E-state index in [0.29, 0.717) is 0 Å². The molecule has 1 saturated carbocycles. The van der Waals surface area contributed by atoms with Gasteiger partial charge in [0.05, 0.1) is 5.60 Å². The Morgan fingerprint density at radius 1 is 1.50 bits per heavy atom. The smallest absolute Gasteiger partial charge is 0.0887 e. The molecule has 2 atom stereocenters. The molecular weight excluding hydrogens is 124 g/mol. The minimum Gasteiger partial charge on any atom is -0.385 e. The van der Waals surface area contributed by atoms with E-state index >= 15 is 0 Å². The van der Waals surface area contributed by atoms with E-state index in [9.17, 15) is 5.11 Å². The fraction of sp³-hybridized carbons (Fsp3) is 0.556. The van der Waals surface area contributed by atoms with Gasteiger partial charge in [0.15, 0.2) is 0 Å². The van der Waals surface area contributed by atoms with Crippen LogP contribution in [0.2, 0.25) is 0 Å². The van der Waals surface area contributed by atoms with Gasteiger partial charge in [-0.25, -0.2) is 0 Å². The third kappa shape index (κ3) is 1.01. The van der Waals surface area contributed by atoms with Crippen LogP contribution in [0.25, 0.3) is 0 Å². The minimum atomic E-state index is -0.651. The van der Waals surface area contributed by atoms with Crippen LogP contribution in [0.4, 0.5) is 0 Å². The molecule has 0 aliphatic heterocycles. The Morgan fingerprint density at radius 2 is 2.20 bits per heavy atom. The predicted octanol–water partition coefficient (Wildman–Crippen LogP) is 1.89. The first-order valence-electron chi connectivity index (χ1n) is 3.71. The average molecular weight is 138 g/mol. The third-order valence-corrected chi connectivity index (χ3v) is 2.37. The van der Waals surface area contributed by atoms with Crippen LogP contribution in [0.1, 0.15) is 19.3 Å². The largest absolute Gasteiger partial charge is 0.385 e. The van der Waals surface area contributed by atoms with E-state index in [2.05, 4.69) is 13.2 Å². The molecule has 1 aliphatic carbocycles. The Balaban J connectivity index is 2.74. The van der Waals surface area contributed by atoms with Crippen LogP contribution >= 0.6 is 0 Å². The SMILES string of the molecule is C=CC1CCCC1(O)C=C. The number of rotatable bonds is 2. The molecule has 1 nitrogen and oxygen atoms in total. The van der Waals surface area contributed by atoms with E-state index in [4.69, 9.17) is 0 Å². The second kappa shape index (κ2) is 2.59. The number of aliphatic hydroxyl groups is 1. The molecule has 1 rings (SSSR count). The summed E-state index contributed by atoms with van der Waals surface area (Å²) in [6.07, 6.45) is 6.44. The summed E-state index contributed by atoms with van der Waals surface area (Å²) in [7, 11) is 0. The minimum absolute atomic E-state index is 0.227. The molecule has 0 amide bonds. The van der Waals surface area contributed by atoms with Gasteiger partial charge in [-0.3, -0.25) is 0 Å². The average Bonchev–Trinajstić information content (AvgIpc) is 2.32. The summed E-state index contributed by atoms with van der Waals surface area (Å²) in [4.78, 5) is 0. The van der Waals surface area contributed by atoms with Crippen LogP contribution in [0.15, 0.2) is 25.3 Å². The van der Waals surface area contributed by atoms with Gasteiger partial charge in [-0.05, 0) is 19.3 Å². The first kappa shape index (κ1) is 7.55. The van der Waals surface area contributed by atoms with E-state index in [1.807, 2.05) is 6.08 Å². The molecule has 0 saturated heterocycles. The van der Waals surface area contributed by atoms with Gasteiger partial charge in [0.2, 0.25) is 0 Å². The molecule has 0 heterocycles. The summed E-state index contributed by atoms with van der Waals surface area (Å²) in [6.45, 7) is 7.29. The van der Waals surface area contributed by atoms with Crippen molar-refractivity contribution in [2.24, 2.45) is 5.92 Å². The molecule has 1 heteroatoms. The van der Waals surface area contributed by atoms with Crippen molar-refractivity contribution in [3.63, 3.8) is 0 Å². The van der Waals surface area contributed by atoms with Crippen LogP contribution in [0.5, 0.6) is 0 Å². The van der Waals surface area contributed by atoms with Crippen molar-refractivity contribution in [3.05, 3.63) is 25.3 Å². The van der Waals surface area contributed by atoms with E-state index in [-0.39, 0.29) is 5.92 Å². The normalized spacial score (nSPS) is 39.5. The van der Waals surface area contributed by atoms with Crippen molar-refractivity contribution in [1.82, 2.24) is 0 Å². The van der Waals surface area contributed by atoms with E-state index < -0.39 is 5.60 Å². The Morgan fingerprint density at radius 3 is 2.60 bits per heavy atom. The van der Waals surface area contributed by atoms with Gasteiger partial charge >= 0.3 is 0 Å². The van der Waals surface area contributed by atoms with Crippen molar-refractivity contribution in [3.8, 4) is 0 Å². The van der Waals surface area contributed by atoms with Crippen molar-refractivity contribution in [2.75, 3.05) is 0 Å². The highest BCUT2D eigenvalue weighted by Crippen LogP contribution is 2.36. The summed E-state index contributed by atoms with van der Waals surface area (Å²) >= 11 is 0. The number of hydrogen-bond donors (Lipinski definition) is 1. The van der Waals surface area contributed by atoms with Crippen LogP contribution in [0, 0.1) is 5.92 Å². The lowest BCUT2D eigenvalue weighted by atomic mass is 9.91. The highest BCUT2D eigenvalue weighted by atomic mass is 16.3. The molecule has 1 fully saturated rings. The molecule has 0 aromatic heterocycles. The van der Waals surface area contributed by atoms with Crippen molar-refractivity contribution < 1.29 is 5.11 Å². The van der Waals surface area contributed by atoms with E-state index in [1.165, 1.54) is 0 Å². The molecule has 1 N–H and O–H groups in total. The molecule has 2 unspecified atom stereocenters. The quantitative estimate of drug-likeness (QED) is 0.578. The first-order chi connectivity index (χ1) is 4.73. The molecule has 0 radical (unpaired) electrons. The first-order valence-corrected chi connectivity index (χ1v) is 3.71. The summed E-state index contributed by atoms with van der Waals surface area (Å²) in [5.74, 6) is 0.227. The van der Waals surface area contributed by atoms with Crippen LogP contribution in [-0.2, 0) is 0 Å². The molecule has 0 aromatic rings. The molecule has 0 bridgehead atoms. The Hall–Kier alpha value is -0.560. The van der Waals surface area contributed by atoms with Gasteiger partial charge < -0.3 is 5.11 Å². The summed E-state index contributed by atoms with van der Waals surface area (Å²) in [5.41, 5.74) is -0.651. The van der Waals surface area contributed by atoms with Crippen molar-refractivity contribution >= 4 is 0 Å². The lowest BCUT2D eigenvalue weighted by molar-refractivity contribution is 0.0700.